The Morgan fingerprint density at radius 1 is 1.33 bits per heavy atom. The van der Waals surface area contributed by atoms with Gasteiger partial charge >= 0.3 is 31.1 Å². The molecule has 2 atom stereocenters. The zero-order chi connectivity index (χ0) is 26.7. The number of nitrogens with zero attached hydrogens (tertiary/aromatic N) is 3. The first-order chi connectivity index (χ1) is 17.7. The van der Waals surface area contributed by atoms with E-state index in [1.54, 1.807) is 24.8 Å². The molecule has 4 rings (SSSR count). The van der Waals surface area contributed by atoms with Crippen molar-refractivity contribution >= 4 is 22.5 Å². The number of aromatic nitrogens is 2. The smallest absolute Gasteiger partial charge is 0.523 e. The third kappa shape index (κ3) is 7.06. The van der Waals surface area contributed by atoms with Crippen molar-refractivity contribution in [1.82, 2.24) is 20.2 Å². The first-order valence-electron chi connectivity index (χ1n) is 13.1. The van der Waals surface area contributed by atoms with E-state index in [2.05, 4.69) is 42.4 Å². The van der Waals surface area contributed by atoms with E-state index < -0.39 is 0 Å². The maximum atomic E-state index is 13.9. The summed E-state index contributed by atoms with van der Waals surface area (Å²) in [6.45, 7) is 10.9. The number of hydrogen-bond acceptors (Lipinski definition) is 6. The van der Waals surface area contributed by atoms with Crippen LogP contribution in [0.2, 0.25) is 0 Å². The van der Waals surface area contributed by atoms with Crippen molar-refractivity contribution in [2.45, 2.75) is 59.0 Å². The van der Waals surface area contributed by atoms with Crippen molar-refractivity contribution in [3.63, 3.8) is 0 Å². The summed E-state index contributed by atoms with van der Waals surface area (Å²) in [6, 6.07) is 10.8. The fourth-order valence-electron chi connectivity index (χ4n) is 5.02. The van der Waals surface area contributed by atoms with Crippen LogP contribution in [0.15, 0.2) is 29.1 Å². The molecule has 0 spiro atoms. The van der Waals surface area contributed by atoms with Crippen LogP contribution in [-0.4, -0.2) is 48.2 Å². The quantitative estimate of drug-likeness (QED) is 0.353. The van der Waals surface area contributed by atoms with Crippen LogP contribution in [0.25, 0.3) is 10.9 Å². The van der Waals surface area contributed by atoms with Gasteiger partial charge in [0.1, 0.15) is 5.56 Å². The van der Waals surface area contributed by atoms with Gasteiger partial charge in [-0.25, -0.2) is 0 Å². The Hall–Kier alpha value is -2.34. The number of carbonyl (C=O) groups is 1. The average molecular weight is 758 g/mol. The third-order valence-corrected chi connectivity index (χ3v) is 7.34. The van der Waals surface area contributed by atoms with E-state index in [-0.39, 0.29) is 68.0 Å². The summed E-state index contributed by atoms with van der Waals surface area (Å²) < 4.78 is 6.87. The van der Waals surface area contributed by atoms with Crippen LogP contribution in [0.5, 0.6) is 5.75 Å². The second kappa shape index (κ2) is 14.3. The molecular weight excluding hydrogens is 716 g/mol. The van der Waals surface area contributed by atoms with Gasteiger partial charge in [-0.1, -0.05) is 13.8 Å². The van der Waals surface area contributed by atoms with Crippen LogP contribution < -0.4 is 25.8 Å². The first-order valence-corrected chi connectivity index (χ1v) is 13.1. The number of methoxy groups -OCH3 is 1. The molecule has 1 unspecified atom stereocenters. The van der Waals surface area contributed by atoms with Gasteiger partial charge in [-0.2, -0.15) is 12.1 Å². The Morgan fingerprint density at radius 2 is 2.08 bits per heavy atom. The van der Waals surface area contributed by atoms with Crippen LogP contribution in [0.4, 0.5) is 5.69 Å². The van der Waals surface area contributed by atoms with Gasteiger partial charge in [-0.05, 0) is 32.8 Å². The largest absolute Gasteiger partial charge is 2.00 e. The second-order valence-electron chi connectivity index (χ2n) is 10.0. The Kier molecular flexibility index (Phi) is 12.1. The zero-order valence-electron chi connectivity index (χ0n) is 24.3. The van der Waals surface area contributed by atoms with Gasteiger partial charge in [0.2, 0.25) is 0 Å². The predicted octanol–water partition coefficient (Wildman–Crippen LogP) is 4.13. The minimum atomic E-state index is -0.380. The van der Waals surface area contributed by atoms with E-state index in [1.807, 2.05) is 25.1 Å². The maximum Gasteiger partial charge on any atom is 2.00 e. The molecule has 0 radical (unpaired) electrons. The fraction of sp³-hybridized carbons (Fsp3) is 0.467. The van der Waals surface area contributed by atoms with Crippen LogP contribution in [0.1, 0.15) is 66.8 Å². The first kappa shape index (κ1) is 32.9. The number of benzene rings is 1. The van der Waals surface area contributed by atoms with Gasteiger partial charge in [-0.15, -0.1) is 17.7 Å². The van der Waals surface area contributed by atoms with Crippen LogP contribution in [0, 0.1) is 51.5 Å². The average Bonchev–Trinajstić information content (AvgIpc) is 3.12. The zero-order valence-corrected chi connectivity index (χ0v) is 28.4. The maximum absolute atomic E-state index is 13.9. The molecule has 3 aromatic rings. The Labute approximate surface area is 256 Å². The molecule has 1 aliphatic rings. The van der Waals surface area contributed by atoms with Gasteiger partial charge in [0.25, 0.3) is 11.5 Å². The van der Waals surface area contributed by atoms with Crippen LogP contribution in [-0.2, 0) is 13.6 Å². The number of rotatable bonds is 7. The number of nitrogens with one attached hydrogen (secondary N) is 2. The molecular formula is C30H41N5O3U. The number of ether oxygens (including phenoxy) is 1. The van der Waals surface area contributed by atoms with E-state index in [9.17, 15) is 9.59 Å². The second-order valence-corrected chi connectivity index (χ2v) is 10.0. The molecule has 1 aliphatic heterocycles. The van der Waals surface area contributed by atoms with Crippen molar-refractivity contribution < 1.29 is 40.6 Å². The molecule has 9 heteroatoms. The van der Waals surface area contributed by atoms with E-state index in [0.717, 1.165) is 53.8 Å². The van der Waals surface area contributed by atoms with Gasteiger partial charge in [0, 0.05) is 62.0 Å². The Morgan fingerprint density at radius 3 is 2.77 bits per heavy atom. The third-order valence-electron chi connectivity index (χ3n) is 7.34. The van der Waals surface area contributed by atoms with Gasteiger partial charge in [0.05, 0.1) is 24.0 Å². The Balaban J connectivity index is 0.00000267. The number of amides is 1. The number of pyridine rings is 2. The summed E-state index contributed by atoms with van der Waals surface area (Å²) in [6.07, 6.45) is 1.82. The molecule has 0 saturated carbocycles. The normalized spacial score (nSPS) is 16.1. The van der Waals surface area contributed by atoms with Crippen LogP contribution >= 0.6 is 0 Å². The van der Waals surface area contributed by atoms with E-state index in [0.29, 0.717) is 24.0 Å². The molecule has 39 heavy (non-hydrogen) atoms. The fourth-order valence-corrected chi connectivity index (χ4v) is 5.02. The van der Waals surface area contributed by atoms with Gasteiger partial charge in [-0.3, -0.25) is 14.6 Å². The van der Waals surface area contributed by atoms with Crippen molar-refractivity contribution in [1.29, 1.82) is 0 Å². The molecule has 1 amide bonds. The molecule has 0 bridgehead atoms. The molecule has 3 heterocycles. The Bertz CT molecular complexity index is 1360. The molecule has 2 aromatic heterocycles. The number of anilines is 1. The summed E-state index contributed by atoms with van der Waals surface area (Å²) in [4.78, 5) is 34.7. The molecule has 208 valence electrons. The molecule has 1 saturated heterocycles. The summed E-state index contributed by atoms with van der Waals surface area (Å²) in [7, 11) is 3.33. The summed E-state index contributed by atoms with van der Waals surface area (Å²) in [5, 5.41) is 7.41. The summed E-state index contributed by atoms with van der Waals surface area (Å²) in [5.41, 5.74) is 4.04. The molecule has 2 N–H and O–H groups in total. The molecule has 1 aromatic carbocycles. The summed E-state index contributed by atoms with van der Waals surface area (Å²) >= 11 is 0. The van der Waals surface area contributed by atoms with Crippen molar-refractivity contribution in [3.8, 4) is 5.75 Å². The number of aryl methyl sites for hydroxylation is 2. The summed E-state index contributed by atoms with van der Waals surface area (Å²) in [5.74, 6) is 0.395. The number of fused-ring (bicyclic) bond motifs is 1. The predicted molar refractivity (Wildman–Crippen MR) is 154 cm³/mol. The SMILES string of the molecule is CCC(C)c1nc(C)cc2c(N3CCN[C@@H](C)CC3)c(C(=O)NCc3cc[c-]c(OC)c3)c(=O)n(C)c12.[CH3-].[U+2]. The number of carbonyl (C=O) groups excluding carboxylic acids is 1. The topological polar surface area (TPSA) is 88.5 Å². The van der Waals surface area contributed by atoms with Crippen LogP contribution in [0.3, 0.4) is 0 Å². The molecule has 8 nitrogen and oxygen atoms in total. The van der Waals surface area contributed by atoms with Crippen molar-refractivity contribution in [2.75, 3.05) is 31.6 Å². The van der Waals surface area contributed by atoms with E-state index >= 15 is 0 Å². The standard InChI is InChI=1S/C29H38N5O3.CH3.U/c1-7-18(2)25-27-23(15-20(4)32-25)26(34-13-11-19(3)30-12-14-34)24(29(36)33(27)5)28(35)31-17-21-9-8-10-22(16-21)37-6;;/h8-9,15-16,18-19,30H,7,11-14,17H2,1-6H3,(H,31,35);1H3;/q2*-1;+2/t18?,19-;;/m0../s1. The van der Waals surface area contributed by atoms with Crippen molar-refractivity contribution in [2.24, 2.45) is 7.05 Å². The molecule has 0 aliphatic carbocycles. The monoisotopic (exact) mass is 757 g/mol. The minimum absolute atomic E-state index is 0. The van der Waals surface area contributed by atoms with E-state index in [1.165, 1.54) is 0 Å². The molecule has 1 fully saturated rings. The minimum Gasteiger partial charge on any atom is -0.523 e. The van der Waals surface area contributed by atoms with Gasteiger partial charge in [0.15, 0.2) is 0 Å². The van der Waals surface area contributed by atoms with Gasteiger partial charge < -0.3 is 32.3 Å². The van der Waals surface area contributed by atoms with Crippen molar-refractivity contribution in [3.05, 3.63) is 70.6 Å². The number of hydrogen-bond donors (Lipinski definition) is 2. The van der Waals surface area contributed by atoms with E-state index in [4.69, 9.17) is 9.72 Å².